The molecular formula is C18H13N5OS2. The van der Waals surface area contributed by atoms with E-state index in [9.17, 15) is 4.79 Å². The Balaban J connectivity index is 1.43. The normalized spacial score (nSPS) is 10.9. The van der Waals surface area contributed by atoms with Gasteiger partial charge in [0.1, 0.15) is 6.07 Å². The zero-order chi connectivity index (χ0) is 17.9. The summed E-state index contributed by atoms with van der Waals surface area (Å²) in [4.78, 5) is 13.0. The fourth-order valence-corrected chi connectivity index (χ4v) is 4.49. The van der Waals surface area contributed by atoms with E-state index < -0.39 is 0 Å². The van der Waals surface area contributed by atoms with Crippen molar-refractivity contribution >= 4 is 49.9 Å². The molecular weight excluding hydrogens is 366 g/mol. The molecule has 0 fully saturated rings. The summed E-state index contributed by atoms with van der Waals surface area (Å²) in [5.41, 5.74) is 2.07. The average Bonchev–Trinajstić information content (AvgIpc) is 3.22. The summed E-state index contributed by atoms with van der Waals surface area (Å²) in [6, 6.07) is 17.1. The van der Waals surface area contributed by atoms with Gasteiger partial charge in [-0.05, 0) is 24.3 Å². The van der Waals surface area contributed by atoms with Crippen LogP contribution < -0.4 is 5.32 Å². The van der Waals surface area contributed by atoms with Gasteiger partial charge in [0.15, 0.2) is 5.16 Å². The molecule has 8 heteroatoms. The van der Waals surface area contributed by atoms with E-state index in [1.807, 2.05) is 22.6 Å². The largest absolute Gasteiger partial charge is 0.325 e. The molecule has 128 valence electrons. The lowest BCUT2D eigenvalue weighted by Gasteiger charge is -2.06. The van der Waals surface area contributed by atoms with E-state index in [0.29, 0.717) is 23.4 Å². The lowest BCUT2D eigenvalue weighted by Crippen LogP contribution is -2.13. The van der Waals surface area contributed by atoms with Gasteiger partial charge in [-0.3, -0.25) is 9.20 Å². The Hall–Kier alpha value is -2.89. The molecule has 1 N–H and O–H groups in total. The van der Waals surface area contributed by atoms with Crippen LogP contribution in [0, 0.1) is 11.3 Å². The number of fused-ring (bicyclic) bond motifs is 3. The molecule has 2 heterocycles. The van der Waals surface area contributed by atoms with Crippen LogP contribution >= 0.6 is 23.1 Å². The molecule has 2 aromatic heterocycles. The highest BCUT2D eigenvalue weighted by atomic mass is 32.2. The van der Waals surface area contributed by atoms with E-state index in [0.717, 1.165) is 20.3 Å². The third-order valence-corrected chi connectivity index (χ3v) is 5.74. The van der Waals surface area contributed by atoms with Crippen LogP contribution in [0.3, 0.4) is 0 Å². The number of carbonyl (C=O) groups excluding carboxylic acids is 1. The number of nitrogens with one attached hydrogen (secondary N) is 1. The number of hydrogen-bond acceptors (Lipinski definition) is 6. The smallest absolute Gasteiger partial charge is 0.225 e. The molecule has 2 aromatic carbocycles. The maximum atomic E-state index is 12.2. The van der Waals surface area contributed by atoms with Gasteiger partial charge in [-0.1, -0.05) is 47.4 Å². The Kier molecular flexibility index (Phi) is 4.56. The van der Waals surface area contributed by atoms with Crippen molar-refractivity contribution in [2.45, 2.75) is 11.6 Å². The second-order valence-electron chi connectivity index (χ2n) is 5.47. The molecule has 0 saturated carbocycles. The van der Waals surface area contributed by atoms with Gasteiger partial charge in [-0.2, -0.15) is 5.26 Å². The maximum Gasteiger partial charge on any atom is 0.225 e. The summed E-state index contributed by atoms with van der Waals surface area (Å²) in [7, 11) is 0. The minimum atomic E-state index is -0.129. The lowest BCUT2D eigenvalue weighted by atomic mass is 10.2. The van der Waals surface area contributed by atoms with Crippen LogP contribution in [0.2, 0.25) is 0 Å². The van der Waals surface area contributed by atoms with Gasteiger partial charge in [0.05, 0.1) is 21.5 Å². The number of nitriles is 1. The van der Waals surface area contributed by atoms with Crippen LogP contribution in [-0.4, -0.2) is 26.3 Å². The highest BCUT2D eigenvalue weighted by molar-refractivity contribution is 7.99. The molecule has 0 atom stereocenters. The summed E-state index contributed by atoms with van der Waals surface area (Å²) in [5, 5.41) is 21.1. The molecule has 4 rings (SSSR count). The monoisotopic (exact) mass is 379 g/mol. The Labute approximate surface area is 157 Å². The number of thiazole rings is 1. The van der Waals surface area contributed by atoms with Crippen molar-refractivity contribution in [1.29, 1.82) is 5.26 Å². The molecule has 0 spiro atoms. The van der Waals surface area contributed by atoms with Crippen LogP contribution in [0.5, 0.6) is 0 Å². The Bertz CT molecular complexity index is 1140. The summed E-state index contributed by atoms with van der Waals surface area (Å²) in [5.74, 6) is 0.446. The number of thioether (sulfide) groups is 1. The number of anilines is 1. The number of benzene rings is 2. The van der Waals surface area contributed by atoms with Crippen LogP contribution in [-0.2, 0) is 4.79 Å². The van der Waals surface area contributed by atoms with Gasteiger partial charge in [0, 0.05) is 12.2 Å². The van der Waals surface area contributed by atoms with E-state index in [4.69, 9.17) is 5.26 Å². The quantitative estimate of drug-likeness (QED) is 0.531. The molecule has 4 aromatic rings. The molecule has 0 aliphatic rings. The Morgan fingerprint density at radius 3 is 2.88 bits per heavy atom. The predicted molar refractivity (Wildman–Crippen MR) is 103 cm³/mol. The first-order valence-electron chi connectivity index (χ1n) is 7.91. The molecule has 0 unspecified atom stereocenters. The predicted octanol–water partition coefficient (Wildman–Crippen LogP) is 3.94. The number of carbonyl (C=O) groups is 1. The number of rotatable bonds is 5. The van der Waals surface area contributed by atoms with Crippen molar-refractivity contribution in [2.75, 3.05) is 11.1 Å². The lowest BCUT2D eigenvalue weighted by molar-refractivity contribution is -0.115. The van der Waals surface area contributed by atoms with Crippen molar-refractivity contribution in [3.05, 3.63) is 54.1 Å². The third kappa shape index (κ3) is 3.14. The van der Waals surface area contributed by atoms with Crippen molar-refractivity contribution in [3.63, 3.8) is 0 Å². The minimum absolute atomic E-state index is 0.129. The van der Waals surface area contributed by atoms with Gasteiger partial charge >= 0.3 is 0 Å². The standard InChI is InChI=1S/C18H13N5OS2/c19-11-12-5-1-2-6-13(12)20-16(24)9-10-25-17-21-22-18-23(17)14-7-3-4-8-15(14)26-18/h1-8H,9-10H2,(H,20,24). The summed E-state index contributed by atoms with van der Waals surface area (Å²) < 4.78 is 3.18. The Morgan fingerprint density at radius 2 is 2.00 bits per heavy atom. The number of hydrogen-bond donors (Lipinski definition) is 1. The van der Waals surface area contributed by atoms with Crippen molar-refractivity contribution in [3.8, 4) is 6.07 Å². The molecule has 6 nitrogen and oxygen atoms in total. The number of aromatic nitrogens is 3. The van der Waals surface area contributed by atoms with Gasteiger partial charge in [-0.25, -0.2) is 0 Å². The molecule has 0 aliphatic carbocycles. The highest BCUT2D eigenvalue weighted by Crippen LogP contribution is 2.29. The van der Waals surface area contributed by atoms with Crippen LogP contribution in [0.25, 0.3) is 15.2 Å². The zero-order valence-corrected chi connectivity index (χ0v) is 15.2. The SMILES string of the molecule is N#Cc1ccccc1NC(=O)CCSc1nnc2sc3ccccc3n12. The number of para-hydroxylation sites is 2. The third-order valence-electron chi connectivity index (χ3n) is 3.79. The fourth-order valence-electron chi connectivity index (χ4n) is 2.59. The van der Waals surface area contributed by atoms with Crippen molar-refractivity contribution < 1.29 is 4.79 Å². The fraction of sp³-hybridized carbons (Fsp3) is 0.111. The van der Waals surface area contributed by atoms with E-state index >= 15 is 0 Å². The Morgan fingerprint density at radius 1 is 1.19 bits per heavy atom. The molecule has 0 saturated heterocycles. The second-order valence-corrected chi connectivity index (χ2v) is 7.55. The highest BCUT2D eigenvalue weighted by Gasteiger charge is 2.13. The first kappa shape index (κ1) is 16.6. The van der Waals surface area contributed by atoms with E-state index in [1.54, 1.807) is 35.6 Å². The van der Waals surface area contributed by atoms with Gasteiger partial charge in [-0.15, -0.1) is 10.2 Å². The molecule has 0 bridgehead atoms. The van der Waals surface area contributed by atoms with Crippen molar-refractivity contribution in [1.82, 2.24) is 14.6 Å². The van der Waals surface area contributed by atoms with E-state index in [2.05, 4.69) is 27.6 Å². The van der Waals surface area contributed by atoms with E-state index in [1.165, 1.54) is 11.8 Å². The van der Waals surface area contributed by atoms with Gasteiger partial charge in [0.25, 0.3) is 0 Å². The van der Waals surface area contributed by atoms with E-state index in [-0.39, 0.29) is 5.91 Å². The minimum Gasteiger partial charge on any atom is -0.325 e. The van der Waals surface area contributed by atoms with Crippen molar-refractivity contribution in [2.24, 2.45) is 0 Å². The van der Waals surface area contributed by atoms with Gasteiger partial charge < -0.3 is 5.32 Å². The van der Waals surface area contributed by atoms with Crippen LogP contribution in [0.1, 0.15) is 12.0 Å². The first-order chi connectivity index (χ1) is 12.8. The molecule has 0 radical (unpaired) electrons. The summed E-state index contributed by atoms with van der Waals surface area (Å²) in [6.45, 7) is 0. The molecule has 0 aliphatic heterocycles. The molecule has 26 heavy (non-hydrogen) atoms. The first-order valence-corrected chi connectivity index (χ1v) is 9.71. The summed E-state index contributed by atoms with van der Waals surface area (Å²) in [6.07, 6.45) is 0.321. The molecule has 1 amide bonds. The number of amides is 1. The number of nitrogens with zero attached hydrogens (tertiary/aromatic N) is 4. The topological polar surface area (TPSA) is 83.1 Å². The maximum absolute atomic E-state index is 12.2. The van der Waals surface area contributed by atoms with Crippen LogP contribution in [0.4, 0.5) is 5.69 Å². The van der Waals surface area contributed by atoms with Crippen LogP contribution in [0.15, 0.2) is 53.7 Å². The zero-order valence-electron chi connectivity index (χ0n) is 13.5. The second kappa shape index (κ2) is 7.15. The summed E-state index contributed by atoms with van der Waals surface area (Å²) >= 11 is 3.09. The van der Waals surface area contributed by atoms with Gasteiger partial charge in [0.2, 0.25) is 10.9 Å². The average molecular weight is 379 g/mol.